The van der Waals surface area contributed by atoms with Crippen LogP contribution < -0.4 is 0 Å². The molecule has 0 aliphatic carbocycles. The van der Waals surface area contributed by atoms with Gasteiger partial charge in [-0.15, -0.1) is 0 Å². The molecular weight excluding hydrogens is 465 g/mol. The van der Waals surface area contributed by atoms with E-state index >= 15 is 0 Å². The Labute approximate surface area is 200 Å². The van der Waals surface area contributed by atoms with E-state index < -0.39 is 31.2 Å². The van der Waals surface area contributed by atoms with Crippen LogP contribution in [-0.4, -0.2) is 61.5 Å². The van der Waals surface area contributed by atoms with Crippen LogP contribution in [0.4, 0.5) is 4.79 Å². The van der Waals surface area contributed by atoms with Gasteiger partial charge in [-0.05, 0) is 51.3 Å². The average Bonchev–Trinajstić information content (AvgIpc) is 2.78. The quantitative estimate of drug-likeness (QED) is 0.194. The second-order valence-electron chi connectivity index (χ2n) is 7.47. The minimum absolute atomic E-state index is 0.0204. The van der Waals surface area contributed by atoms with Gasteiger partial charge in [0.1, 0.15) is 0 Å². The molecule has 1 aliphatic rings. The van der Waals surface area contributed by atoms with E-state index in [0.29, 0.717) is 16.7 Å². The summed E-state index contributed by atoms with van der Waals surface area (Å²) in [5.74, 6) is -1.76. The van der Waals surface area contributed by atoms with Crippen molar-refractivity contribution in [3.63, 3.8) is 0 Å². The van der Waals surface area contributed by atoms with Crippen LogP contribution in [-0.2, 0) is 56.5 Å². The highest BCUT2D eigenvalue weighted by atomic mass is 31.2. The van der Waals surface area contributed by atoms with Crippen LogP contribution in [0.3, 0.4) is 0 Å². The zero-order valence-electron chi connectivity index (χ0n) is 20.5. The molecule has 1 amide bonds. The number of ether oxygens (including phenoxy) is 3. The number of carbonyl (C=O) groups is 3. The van der Waals surface area contributed by atoms with Crippen molar-refractivity contribution in [1.82, 2.24) is 4.90 Å². The molecule has 10 nitrogen and oxygen atoms in total. The van der Waals surface area contributed by atoms with Gasteiger partial charge in [0, 0.05) is 6.42 Å². The molecule has 0 saturated heterocycles. The minimum atomic E-state index is -3.35. The van der Waals surface area contributed by atoms with Gasteiger partial charge < -0.3 is 23.3 Å². The van der Waals surface area contributed by atoms with Gasteiger partial charge in [0.2, 0.25) is 5.54 Å². The van der Waals surface area contributed by atoms with Gasteiger partial charge in [-0.1, -0.05) is 18.2 Å². The molecule has 0 unspecified atom stereocenters. The van der Waals surface area contributed by atoms with Crippen molar-refractivity contribution in [2.24, 2.45) is 0 Å². The fourth-order valence-electron chi connectivity index (χ4n) is 3.89. The number of hydrogen-bond donors (Lipinski definition) is 0. The van der Waals surface area contributed by atoms with Crippen molar-refractivity contribution >= 4 is 25.6 Å². The van der Waals surface area contributed by atoms with Crippen LogP contribution in [0.5, 0.6) is 0 Å². The average molecular weight is 499 g/mol. The van der Waals surface area contributed by atoms with Gasteiger partial charge >= 0.3 is 25.6 Å². The lowest BCUT2D eigenvalue weighted by molar-refractivity contribution is -0.175. The topological polar surface area (TPSA) is 118 Å². The van der Waals surface area contributed by atoms with Gasteiger partial charge in [-0.3, -0.25) is 9.46 Å². The van der Waals surface area contributed by atoms with Crippen LogP contribution in [0.25, 0.3) is 0 Å². The second kappa shape index (κ2) is 12.3. The van der Waals surface area contributed by atoms with Crippen LogP contribution in [0.15, 0.2) is 18.2 Å². The highest BCUT2D eigenvalue weighted by molar-refractivity contribution is 7.53. The summed E-state index contributed by atoms with van der Waals surface area (Å²) in [6.07, 6.45) is -0.940. The SMILES string of the molecule is CCOC(=O)N1Cc2cc(CP(=O)(OCC)OCC)ccc2CC1(C(=O)OCC)C(=O)OCC. The maximum atomic E-state index is 13.1. The third kappa shape index (κ3) is 5.98. The first kappa shape index (κ1) is 27.8. The number of amides is 1. The van der Waals surface area contributed by atoms with Crippen molar-refractivity contribution in [3.8, 4) is 0 Å². The first-order valence-electron chi connectivity index (χ1n) is 11.5. The first-order chi connectivity index (χ1) is 16.2. The summed E-state index contributed by atoms with van der Waals surface area (Å²) in [6, 6.07) is 5.25. The van der Waals surface area contributed by atoms with Gasteiger partial charge in [-0.2, -0.15) is 0 Å². The number of hydrogen-bond acceptors (Lipinski definition) is 9. The lowest BCUT2D eigenvalue weighted by atomic mass is 9.82. The van der Waals surface area contributed by atoms with Crippen molar-refractivity contribution in [2.45, 2.75) is 59.3 Å². The molecule has 11 heteroatoms. The van der Waals surface area contributed by atoms with E-state index in [0.717, 1.165) is 4.90 Å². The molecule has 0 bridgehead atoms. The molecular formula is C23H34NO9P. The van der Waals surface area contributed by atoms with Gasteiger partial charge in [0.25, 0.3) is 0 Å². The molecule has 0 N–H and O–H groups in total. The zero-order valence-corrected chi connectivity index (χ0v) is 21.4. The monoisotopic (exact) mass is 499 g/mol. The van der Waals surface area contributed by atoms with Crippen LogP contribution in [0.1, 0.15) is 51.3 Å². The van der Waals surface area contributed by atoms with E-state index in [1.807, 2.05) is 0 Å². The van der Waals surface area contributed by atoms with E-state index in [-0.39, 0.29) is 52.2 Å². The Bertz CT molecular complexity index is 905. The number of rotatable bonds is 11. The molecule has 1 heterocycles. The number of nitrogens with zero attached hydrogens (tertiary/aromatic N) is 1. The molecule has 0 aromatic heterocycles. The summed E-state index contributed by atoms with van der Waals surface area (Å²) in [4.78, 5) is 40.2. The standard InChI is InChI=1S/C23H34NO9P/c1-6-29-20(25)23(21(26)30-7-2)14-18-12-11-17(16-34(28,32-9-4)33-10-5)13-19(18)15-24(23)22(27)31-8-3/h11-13H,6-10,14-16H2,1-5H3. The lowest BCUT2D eigenvalue weighted by Crippen LogP contribution is -2.66. The highest BCUT2D eigenvalue weighted by Gasteiger charge is 2.58. The lowest BCUT2D eigenvalue weighted by Gasteiger charge is -2.42. The van der Waals surface area contributed by atoms with Crippen LogP contribution >= 0.6 is 7.60 Å². The summed E-state index contributed by atoms with van der Waals surface area (Å²) < 4.78 is 39.3. The third-order valence-corrected chi connectivity index (χ3v) is 7.30. The van der Waals surface area contributed by atoms with E-state index in [1.165, 1.54) is 0 Å². The Morgan fingerprint density at radius 2 is 1.41 bits per heavy atom. The molecule has 1 aromatic carbocycles. The predicted octanol–water partition coefficient (Wildman–Crippen LogP) is 3.83. The molecule has 34 heavy (non-hydrogen) atoms. The normalized spacial score (nSPS) is 14.8. The molecule has 0 spiro atoms. The zero-order chi connectivity index (χ0) is 25.4. The molecule has 0 atom stereocenters. The molecule has 0 saturated carbocycles. The Kier molecular flexibility index (Phi) is 10.1. The first-order valence-corrected chi connectivity index (χ1v) is 13.2. The van der Waals surface area contributed by atoms with Crippen molar-refractivity contribution < 1.29 is 42.2 Å². The number of benzene rings is 1. The van der Waals surface area contributed by atoms with E-state index in [4.69, 9.17) is 23.3 Å². The van der Waals surface area contributed by atoms with Crippen molar-refractivity contribution in [1.29, 1.82) is 0 Å². The van der Waals surface area contributed by atoms with Gasteiger partial charge in [0.05, 0.1) is 45.7 Å². The van der Waals surface area contributed by atoms with Crippen molar-refractivity contribution in [3.05, 3.63) is 34.9 Å². The molecule has 190 valence electrons. The van der Waals surface area contributed by atoms with Crippen molar-refractivity contribution in [2.75, 3.05) is 33.0 Å². The largest absolute Gasteiger partial charge is 0.464 e. The molecule has 2 rings (SSSR count). The summed E-state index contributed by atoms with van der Waals surface area (Å²) >= 11 is 0. The maximum Gasteiger partial charge on any atom is 0.411 e. The summed E-state index contributed by atoms with van der Waals surface area (Å²) in [6.45, 7) is 8.79. The summed E-state index contributed by atoms with van der Waals surface area (Å²) in [5, 5.41) is 0. The maximum absolute atomic E-state index is 13.1. The Morgan fingerprint density at radius 3 is 1.91 bits per heavy atom. The fraction of sp³-hybridized carbons (Fsp3) is 0.609. The third-order valence-electron chi connectivity index (χ3n) is 5.25. The van der Waals surface area contributed by atoms with E-state index in [9.17, 15) is 18.9 Å². The minimum Gasteiger partial charge on any atom is -0.464 e. The van der Waals surface area contributed by atoms with Crippen LogP contribution in [0, 0.1) is 0 Å². The predicted molar refractivity (Wildman–Crippen MR) is 123 cm³/mol. The highest BCUT2D eigenvalue weighted by Crippen LogP contribution is 2.51. The smallest absolute Gasteiger partial charge is 0.411 e. The van der Waals surface area contributed by atoms with E-state index in [2.05, 4.69) is 0 Å². The molecule has 0 fully saturated rings. The molecule has 0 radical (unpaired) electrons. The van der Waals surface area contributed by atoms with Crippen LogP contribution in [0.2, 0.25) is 0 Å². The van der Waals surface area contributed by atoms with Gasteiger partial charge in [0.15, 0.2) is 0 Å². The summed E-state index contributed by atoms with van der Waals surface area (Å²) in [5.41, 5.74) is -0.00595. The number of carbonyl (C=O) groups excluding carboxylic acids is 3. The summed E-state index contributed by atoms with van der Waals surface area (Å²) in [7, 11) is -3.35. The Balaban J connectivity index is 2.55. The Hall–Kier alpha value is -2.42. The fourth-order valence-corrected chi connectivity index (χ4v) is 5.58. The number of esters is 2. The second-order valence-corrected chi connectivity index (χ2v) is 9.53. The molecule has 1 aliphatic heterocycles. The van der Waals surface area contributed by atoms with Gasteiger partial charge in [-0.25, -0.2) is 14.4 Å². The molecule has 1 aromatic rings. The van der Waals surface area contributed by atoms with E-state index in [1.54, 1.807) is 52.8 Å². The Morgan fingerprint density at radius 1 is 0.853 bits per heavy atom. The number of fused-ring (bicyclic) bond motifs is 1.